The molecule has 2 rings (SSSR count). The Kier molecular flexibility index (Phi) is 4.00. The van der Waals surface area contributed by atoms with Crippen LogP contribution in [0.25, 0.3) is 5.69 Å². The molecule has 0 unspecified atom stereocenters. The quantitative estimate of drug-likeness (QED) is 0.468. The number of hydrogen-bond acceptors (Lipinski definition) is 4. The van der Waals surface area contributed by atoms with Crippen LogP contribution in [0.5, 0.6) is 0 Å². The summed E-state index contributed by atoms with van der Waals surface area (Å²) in [4.78, 5) is 33.2. The average Bonchev–Trinajstić information content (AvgIpc) is 2.44. The second-order valence-corrected chi connectivity index (χ2v) is 4.53. The monoisotopic (exact) mass is 351 g/mol. The lowest BCUT2D eigenvalue weighted by molar-refractivity contribution is -0.387. The SMILES string of the molecule is Cn1c(C(F)(F)F)cc(=O)n(-c2c(F)ccc([N+](=O)[O-])c2F)c1=O. The van der Waals surface area contributed by atoms with Crippen LogP contribution in [0.2, 0.25) is 0 Å². The van der Waals surface area contributed by atoms with Crippen LogP contribution in [0.4, 0.5) is 27.6 Å². The van der Waals surface area contributed by atoms with Gasteiger partial charge in [-0.05, 0) is 6.07 Å². The van der Waals surface area contributed by atoms with Crippen LogP contribution in [-0.2, 0) is 13.2 Å². The van der Waals surface area contributed by atoms with Gasteiger partial charge in [-0.15, -0.1) is 0 Å². The van der Waals surface area contributed by atoms with E-state index in [0.29, 0.717) is 19.2 Å². The molecular weight excluding hydrogens is 345 g/mol. The maximum absolute atomic E-state index is 14.1. The van der Waals surface area contributed by atoms with Crippen LogP contribution in [0, 0.1) is 21.7 Å². The summed E-state index contributed by atoms with van der Waals surface area (Å²) in [5.41, 5.74) is -7.72. The molecule has 0 bridgehead atoms. The molecule has 2 aromatic rings. The third-order valence-corrected chi connectivity index (χ3v) is 3.08. The van der Waals surface area contributed by atoms with Gasteiger partial charge in [0, 0.05) is 19.2 Å². The van der Waals surface area contributed by atoms with Gasteiger partial charge in [0.05, 0.1) is 4.92 Å². The van der Waals surface area contributed by atoms with Crippen molar-refractivity contribution in [3.05, 3.63) is 66.5 Å². The lowest BCUT2D eigenvalue weighted by atomic mass is 10.2. The molecule has 1 heterocycles. The highest BCUT2D eigenvalue weighted by Gasteiger charge is 2.36. The van der Waals surface area contributed by atoms with E-state index in [1.807, 2.05) is 0 Å². The number of nitrogens with zero attached hydrogens (tertiary/aromatic N) is 3. The number of hydrogen-bond donors (Lipinski definition) is 0. The molecule has 0 spiro atoms. The van der Waals surface area contributed by atoms with Gasteiger partial charge in [0.1, 0.15) is 11.4 Å². The molecule has 0 fully saturated rings. The topological polar surface area (TPSA) is 87.1 Å². The zero-order valence-electron chi connectivity index (χ0n) is 11.6. The Bertz CT molecular complexity index is 961. The van der Waals surface area contributed by atoms with Crippen LogP contribution >= 0.6 is 0 Å². The van der Waals surface area contributed by atoms with Crippen molar-refractivity contribution in [2.75, 3.05) is 0 Å². The smallest absolute Gasteiger partial charge is 0.292 e. The summed E-state index contributed by atoms with van der Waals surface area (Å²) in [5.74, 6) is -3.39. The number of alkyl halides is 3. The first kappa shape index (κ1) is 17.3. The molecule has 0 atom stereocenters. The van der Waals surface area contributed by atoms with Gasteiger partial charge >= 0.3 is 17.6 Å². The van der Waals surface area contributed by atoms with Crippen LogP contribution < -0.4 is 11.2 Å². The Morgan fingerprint density at radius 1 is 1.17 bits per heavy atom. The van der Waals surface area contributed by atoms with E-state index in [9.17, 15) is 41.7 Å². The fourth-order valence-corrected chi connectivity index (χ4v) is 1.98. The fraction of sp³-hybridized carbons (Fsp3) is 0.167. The molecule has 0 aliphatic heterocycles. The van der Waals surface area contributed by atoms with E-state index in [4.69, 9.17) is 0 Å². The van der Waals surface area contributed by atoms with E-state index in [1.54, 1.807) is 0 Å². The van der Waals surface area contributed by atoms with E-state index >= 15 is 0 Å². The normalized spacial score (nSPS) is 11.6. The van der Waals surface area contributed by atoms with Crippen LogP contribution in [-0.4, -0.2) is 14.1 Å². The molecule has 7 nitrogen and oxygen atoms in total. The molecule has 24 heavy (non-hydrogen) atoms. The number of benzene rings is 1. The first-order valence-electron chi connectivity index (χ1n) is 6.00. The standard InChI is InChI=1S/C12H6F5N3O4/c1-18-7(12(15,16)17)4-8(21)19(11(18)22)10-5(13)2-3-6(9(10)14)20(23)24/h2-4H,1H3. The fourth-order valence-electron chi connectivity index (χ4n) is 1.98. The van der Waals surface area contributed by atoms with Crippen LogP contribution in [0.3, 0.4) is 0 Å². The second-order valence-electron chi connectivity index (χ2n) is 4.53. The van der Waals surface area contributed by atoms with Crippen molar-refractivity contribution in [1.29, 1.82) is 0 Å². The molecular formula is C12H6F5N3O4. The summed E-state index contributed by atoms with van der Waals surface area (Å²) in [6.45, 7) is 0. The van der Waals surface area contributed by atoms with E-state index in [2.05, 4.69) is 0 Å². The summed E-state index contributed by atoms with van der Waals surface area (Å²) in [6.07, 6.45) is -5.06. The Morgan fingerprint density at radius 3 is 2.25 bits per heavy atom. The largest absolute Gasteiger partial charge is 0.431 e. The third-order valence-electron chi connectivity index (χ3n) is 3.08. The Balaban J connectivity index is 2.93. The zero-order chi connectivity index (χ0) is 18.4. The van der Waals surface area contributed by atoms with E-state index in [1.165, 1.54) is 0 Å². The molecule has 1 aromatic heterocycles. The minimum Gasteiger partial charge on any atom is -0.292 e. The van der Waals surface area contributed by atoms with Gasteiger partial charge < -0.3 is 0 Å². The Morgan fingerprint density at radius 2 is 1.75 bits per heavy atom. The maximum Gasteiger partial charge on any atom is 0.431 e. The number of rotatable bonds is 2. The molecule has 0 amide bonds. The van der Waals surface area contributed by atoms with Crippen molar-refractivity contribution in [1.82, 2.24) is 9.13 Å². The lowest BCUT2D eigenvalue weighted by Gasteiger charge is -2.14. The van der Waals surface area contributed by atoms with Crippen LogP contribution in [0.15, 0.2) is 27.8 Å². The highest BCUT2D eigenvalue weighted by molar-refractivity contribution is 5.46. The Hall–Kier alpha value is -3.05. The molecule has 0 aliphatic carbocycles. The van der Waals surface area contributed by atoms with E-state index in [0.717, 1.165) is 0 Å². The van der Waals surface area contributed by atoms with Gasteiger partial charge in [0.15, 0.2) is 5.82 Å². The van der Waals surface area contributed by atoms with Crippen molar-refractivity contribution < 1.29 is 26.9 Å². The molecule has 0 aliphatic rings. The van der Waals surface area contributed by atoms with E-state index in [-0.39, 0.29) is 15.2 Å². The second kappa shape index (κ2) is 5.54. The summed E-state index contributed by atoms with van der Waals surface area (Å²) >= 11 is 0. The van der Waals surface area contributed by atoms with Crippen molar-refractivity contribution in [2.24, 2.45) is 7.05 Å². The first-order chi connectivity index (χ1) is 11.0. The summed E-state index contributed by atoms with van der Waals surface area (Å²) < 4.78 is 65.8. The predicted octanol–water partition coefficient (Wildman–Crippen LogP) is 1.74. The zero-order valence-corrected chi connectivity index (χ0v) is 11.6. The highest BCUT2D eigenvalue weighted by atomic mass is 19.4. The van der Waals surface area contributed by atoms with Crippen molar-refractivity contribution >= 4 is 5.69 Å². The van der Waals surface area contributed by atoms with Gasteiger partial charge in [-0.1, -0.05) is 0 Å². The molecule has 128 valence electrons. The minimum absolute atomic E-state index is 0.0425. The third kappa shape index (κ3) is 2.66. The van der Waals surface area contributed by atoms with Gasteiger partial charge in [-0.25, -0.2) is 13.8 Å². The van der Waals surface area contributed by atoms with Crippen molar-refractivity contribution in [3.63, 3.8) is 0 Å². The summed E-state index contributed by atoms with van der Waals surface area (Å²) in [5, 5.41) is 10.7. The predicted molar refractivity (Wildman–Crippen MR) is 68.9 cm³/mol. The van der Waals surface area contributed by atoms with Gasteiger partial charge in [-0.3, -0.25) is 19.5 Å². The summed E-state index contributed by atoms with van der Waals surface area (Å²) in [6, 6.07) is 0.826. The van der Waals surface area contributed by atoms with Gasteiger partial charge in [0.25, 0.3) is 5.56 Å². The molecule has 0 saturated heterocycles. The molecule has 1 aromatic carbocycles. The number of nitro benzene ring substituents is 1. The molecule has 0 radical (unpaired) electrons. The number of aromatic nitrogens is 2. The summed E-state index contributed by atoms with van der Waals surface area (Å²) in [7, 11) is 0.633. The highest BCUT2D eigenvalue weighted by Crippen LogP contribution is 2.28. The van der Waals surface area contributed by atoms with Gasteiger partial charge in [0.2, 0.25) is 5.82 Å². The van der Waals surface area contributed by atoms with Crippen molar-refractivity contribution in [3.8, 4) is 5.69 Å². The molecule has 12 heteroatoms. The minimum atomic E-state index is -5.06. The maximum atomic E-state index is 14.1. The number of nitro groups is 1. The van der Waals surface area contributed by atoms with E-state index < -0.39 is 51.1 Å². The first-order valence-corrected chi connectivity index (χ1v) is 6.00. The Labute approximate surface area is 128 Å². The molecule has 0 saturated carbocycles. The lowest BCUT2D eigenvalue weighted by Crippen LogP contribution is -2.41. The number of halogens is 5. The van der Waals surface area contributed by atoms with Crippen LogP contribution in [0.1, 0.15) is 5.69 Å². The molecule has 0 N–H and O–H groups in total. The average molecular weight is 351 g/mol. The van der Waals surface area contributed by atoms with Crippen molar-refractivity contribution in [2.45, 2.75) is 6.18 Å². The van der Waals surface area contributed by atoms with Gasteiger partial charge in [-0.2, -0.15) is 17.6 Å².